The van der Waals surface area contributed by atoms with Crippen LogP contribution in [0.1, 0.15) is 78.0 Å². The zero-order chi connectivity index (χ0) is 28.3. The van der Waals surface area contributed by atoms with Gasteiger partial charge < -0.3 is 15.6 Å². The molecule has 4 N–H and O–H groups in total. The van der Waals surface area contributed by atoms with Crippen LogP contribution in [0.2, 0.25) is 0 Å². The normalized spacial score (nSPS) is 14.2. The molecule has 0 unspecified atom stereocenters. The fourth-order valence-corrected chi connectivity index (χ4v) is 3.74. The predicted octanol–water partition coefficient (Wildman–Crippen LogP) is 7.36. The van der Waals surface area contributed by atoms with Crippen LogP contribution in [0.5, 0.6) is 0 Å². The van der Waals surface area contributed by atoms with E-state index in [0.29, 0.717) is 18.2 Å². The molecular formula is C32H48N4O. The van der Waals surface area contributed by atoms with Gasteiger partial charge in [0.1, 0.15) is 5.78 Å². The molecule has 1 aliphatic rings. The number of allylic oxidation sites excluding steroid dienone is 2. The minimum atomic E-state index is 0.213. The highest BCUT2D eigenvalue weighted by atomic mass is 16.1. The number of ketones is 1. The fourth-order valence-electron chi connectivity index (χ4n) is 3.74. The average Bonchev–Trinajstić information content (AvgIpc) is 2.86. The highest BCUT2D eigenvalue weighted by Gasteiger charge is 2.24. The zero-order valence-electron chi connectivity index (χ0n) is 24.3. The summed E-state index contributed by atoms with van der Waals surface area (Å²) in [6.07, 6.45) is 1.79. The van der Waals surface area contributed by atoms with Gasteiger partial charge in [-0.1, -0.05) is 103 Å². The summed E-state index contributed by atoms with van der Waals surface area (Å²) < 4.78 is 0. The lowest BCUT2D eigenvalue weighted by Gasteiger charge is -2.34. The maximum absolute atomic E-state index is 10.1. The molecule has 0 saturated heterocycles. The first kappa shape index (κ1) is 31.7. The van der Waals surface area contributed by atoms with Gasteiger partial charge in [0.2, 0.25) is 0 Å². The molecule has 0 bridgehead atoms. The molecule has 5 heteroatoms. The molecule has 0 atom stereocenters. The molecule has 1 aliphatic heterocycles. The average molecular weight is 505 g/mol. The standard InChI is InChI=1S/C25H32N4.C5H10O.C2H6/c1-17(2)18(3)14-15-19(4)29-16-20-10-6-7-11-21(20)25(28(5)27)24(26)22-12-8-9-13-23(22)29;1-4(2)5(3)6;1-2/h6-13,17H,3-4,14-16,26-27H2,1-2,5H3;4H,1-3H3;1-2H3/b25-24-;;. The lowest BCUT2D eigenvalue weighted by molar-refractivity contribution is -0.119. The van der Waals surface area contributed by atoms with E-state index in [-0.39, 0.29) is 11.7 Å². The molecule has 0 aromatic heterocycles. The van der Waals surface area contributed by atoms with Crippen LogP contribution in [0.4, 0.5) is 5.69 Å². The second-order valence-electron chi connectivity index (χ2n) is 9.78. The Morgan fingerprint density at radius 1 is 0.946 bits per heavy atom. The van der Waals surface area contributed by atoms with Crippen molar-refractivity contribution in [1.82, 2.24) is 5.01 Å². The summed E-state index contributed by atoms with van der Waals surface area (Å²) in [5, 5.41) is 1.61. The van der Waals surface area contributed by atoms with Gasteiger partial charge >= 0.3 is 0 Å². The maximum atomic E-state index is 10.1. The van der Waals surface area contributed by atoms with Crippen LogP contribution in [0.15, 0.2) is 73.0 Å². The van der Waals surface area contributed by atoms with E-state index in [1.165, 1.54) is 11.1 Å². The summed E-state index contributed by atoms with van der Waals surface area (Å²) in [6, 6.07) is 16.5. The predicted molar refractivity (Wildman–Crippen MR) is 161 cm³/mol. The van der Waals surface area contributed by atoms with Crippen molar-refractivity contribution in [3.63, 3.8) is 0 Å². The number of hydrazine groups is 1. The zero-order valence-corrected chi connectivity index (χ0v) is 24.3. The number of rotatable bonds is 7. The second kappa shape index (κ2) is 15.1. The number of carbonyl (C=O) groups is 1. The topological polar surface area (TPSA) is 75.6 Å². The van der Waals surface area contributed by atoms with Crippen molar-refractivity contribution in [3.05, 3.63) is 89.6 Å². The van der Waals surface area contributed by atoms with E-state index < -0.39 is 0 Å². The van der Waals surface area contributed by atoms with E-state index in [0.717, 1.165) is 41.1 Å². The minimum Gasteiger partial charge on any atom is -0.396 e. The molecule has 2 aromatic carbocycles. The monoisotopic (exact) mass is 504 g/mol. The minimum absolute atomic E-state index is 0.213. The number of benzene rings is 2. The van der Waals surface area contributed by atoms with Crippen LogP contribution in [0.3, 0.4) is 0 Å². The Hall–Kier alpha value is -3.31. The van der Waals surface area contributed by atoms with Gasteiger partial charge in [0.25, 0.3) is 0 Å². The Kier molecular flexibility index (Phi) is 12.9. The first-order chi connectivity index (χ1) is 17.5. The van der Waals surface area contributed by atoms with Crippen LogP contribution >= 0.6 is 0 Å². The van der Waals surface area contributed by atoms with Crippen molar-refractivity contribution >= 4 is 22.9 Å². The second-order valence-corrected chi connectivity index (χ2v) is 9.78. The van der Waals surface area contributed by atoms with E-state index in [2.05, 4.69) is 62.2 Å². The highest BCUT2D eigenvalue weighted by molar-refractivity contribution is 5.94. The highest BCUT2D eigenvalue weighted by Crippen LogP contribution is 2.38. The molecule has 37 heavy (non-hydrogen) atoms. The lowest BCUT2D eigenvalue weighted by Crippen LogP contribution is -2.31. The smallest absolute Gasteiger partial charge is 0.132 e. The Labute approximate surface area is 225 Å². The Morgan fingerprint density at radius 2 is 1.46 bits per heavy atom. The molecule has 5 nitrogen and oxygen atoms in total. The first-order valence-corrected chi connectivity index (χ1v) is 13.2. The van der Waals surface area contributed by atoms with Gasteiger partial charge in [-0.15, -0.1) is 0 Å². The third kappa shape index (κ3) is 8.64. The van der Waals surface area contributed by atoms with Crippen molar-refractivity contribution in [1.29, 1.82) is 0 Å². The number of para-hydroxylation sites is 1. The number of anilines is 1. The molecule has 0 amide bonds. The first-order valence-electron chi connectivity index (χ1n) is 13.2. The van der Waals surface area contributed by atoms with E-state index in [4.69, 9.17) is 11.6 Å². The van der Waals surface area contributed by atoms with Gasteiger partial charge in [-0.3, -0.25) is 4.79 Å². The molecule has 0 fully saturated rings. The number of nitrogens with two attached hydrogens (primary N) is 2. The third-order valence-electron chi connectivity index (χ3n) is 6.44. The van der Waals surface area contributed by atoms with Crippen LogP contribution in [0, 0.1) is 11.8 Å². The summed E-state index contributed by atoms with van der Waals surface area (Å²) in [5.41, 5.74) is 14.7. The van der Waals surface area contributed by atoms with Crippen LogP contribution in [0.25, 0.3) is 11.4 Å². The number of carbonyl (C=O) groups excluding carboxylic acids is 1. The maximum Gasteiger partial charge on any atom is 0.132 e. The van der Waals surface area contributed by atoms with Gasteiger partial charge in [0.15, 0.2) is 0 Å². The Bertz CT molecular complexity index is 1100. The SMILES string of the molecule is C=C(CCC(=C)N1Cc2ccccc2/C(N(C)N)=C(/N)c2ccccc21)C(C)C.CC.CC(=O)C(C)C. The van der Waals surface area contributed by atoms with Crippen molar-refractivity contribution < 1.29 is 4.79 Å². The molecule has 0 saturated carbocycles. The number of hydrogen-bond acceptors (Lipinski definition) is 5. The lowest BCUT2D eigenvalue weighted by atomic mass is 9.94. The molecule has 0 aliphatic carbocycles. The van der Waals surface area contributed by atoms with Gasteiger partial charge in [-0.25, -0.2) is 5.84 Å². The summed E-state index contributed by atoms with van der Waals surface area (Å²) >= 11 is 0. The van der Waals surface area contributed by atoms with E-state index >= 15 is 0 Å². The largest absolute Gasteiger partial charge is 0.396 e. The van der Waals surface area contributed by atoms with Gasteiger partial charge in [-0.05, 0) is 37.3 Å². The summed E-state index contributed by atoms with van der Waals surface area (Å²) in [5.74, 6) is 7.16. The molecule has 202 valence electrons. The Morgan fingerprint density at radius 3 is 1.97 bits per heavy atom. The van der Waals surface area contributed by atoms with Gasteiger partial charge in [0, 0.05) is 36.3 Å². The third-order valence-corrected chi connectivity index (χ3v) is 6.44. The van der Waals surface area contributed by atoms with Crippen LogP contribution in [-0.2, 0) is 11.3 Å². The summed E-state index contributed by atoms with van der Waals surface area (Å²) in [4.78, 5) is 12.4. The molecular weight excluding hydrogens is 456 g/mol. The van der Waals surface area contributed by atoms with E-state index in [1.54, 1.807) is 11.9 Å². The van der Waals surface area contributed by atoms with Crippen molar-refractivity contribution in [3.8, 4) is 0 Å². The van der Waals surface area contributed by atoms with Crippen molar-refractivity contribution in [2.45, 2.75) is 67.9 Å². The molecule has 1 heterocycles. The van der Waals surface area contributed by atoms with Crippen molar-refractivity contribution in [2.75, 3.05) is 11.9 Å². The molecule has 3 rings (SSSR count). The molecule has 0 spiro atoms. The van der Waals surface area contributed by atoms with Gasteiger partial charge in [-0.2, -0.15) is 0 Å². The summed E-state index contributed by atoms with van der Waals surface area (Å²) in [6.45, 7) is 23.1. The van der Waals surface area contributed by atoms with E-state index in [9.17, 15) is 4.79 Å². The number of fused-ring (bicyclic) bond motifs is 2. The van der Waals surface area contributed by atoms with Crippen molar-refractivity contribution in [2.24, 2.45) is 23.4 Å². The Balaban J connectivity index is 0.000000752. The summed E-state index contributed by atoms with van der Waals surface area (Å²) in [7, 11) is 1.83. The molecule has 0 radical (unpaired) electrons. The number of nitrogens with zero attached hydrogens (tertiary/aromatic N) is 2. The fraction of sp³-hybridized carbons (Fsp3) is 0.406. The number of hydrogen-bond donors (Lipinski definition) is 2. The van der Waals surface area contributed by atoms with Gasteiger partial charge in [0.05, 0.1) is 17.1 Å². The molecule has 2 aromatic rings. The number of Topliss-reactive ketones (excluding diaryl/α,β-unsaturated/α-hetero) is 1. The van der Waals surface area contributed by atoms with Crippen LogP contribution in [-0.4, -0.2) is 17.8 Å². The quantitative estimate of drug-likeness (QED) is 0.234. The van der Waals surface area contributed by atoms with E-state index in [1.807, 2.05) is 52.9 Å². The van der Waals surface area contributed by atoms with Crippen LogP contribution < -0.4 is 16.5 Å².